The zero-order valence-electron chi connectivity index (χ0n) is 12.0. The Bertz CT molecular complexity index is 470. The quantitative estimate of drug-likeness (QED) is 0.655. The second-order valence-corrected chi connectivity index (χ2v) is 4.56. The first kappa shape index (κ1) is 20.4. The Morgan fingerprint density at radius 1 is 1.41 bits per heavy atom. The van der Waals surface area contributed by atoms with Gasteiger partial charge in [0.2, 0.25) is 11.9 Å². The van der Waals surface area contributed by atoms with E-state index in [9.17, 15) is 18.0 Å². The largest absolute Gasteiger partial charge is 0.433 e. The molecule has 22 heavy (non-hydrogen) atoms. The van der Waals surface area contributed by atoms with Gasteiger partial charge in [0, 0.05) is 31.7 Å². The van der Waals surface area contributed by atoms with Gasteiger partial charge in [-0.15, -0.1) is 12.4 Å². The molecule has 1 amide bonds. The third kappa shape index (κ3) is 7.99. The molecule has 0 fully saturated rings. The molecule has 1 atom stereocenters. The van der Waals surface area contributed by atoms with Crippen molar-refractivity contribution in [3.05, 3.63) is 18.0 Å². The van der Waals surface area contributed by atoms with Gasteiger partial charge in [0.05, 0.1) is 0 Å². The van der Waals surface area contributed by atoms with Gasteiger partial charge in [-0.3, -0.25) is 4.79 Å². The van der Waals surface area contributed by atoms with Crippen LogP contribution < -0.4 is 16.4 Å². The molecule has 0 radical (unpaired) electrons. The number of hydrogen-bond donors (Lipinski definition) is 3. The molecule has 0 saturated heterocycles. The van der Waals surface area contributed by atoms with E-state index in [2.05, 4.69) is 20.6 Å². The highest BCUT2D eigenvalue weighted by molar-refractivity contribution is 5.85. The number of amides is 1. The van der Waals surface area contributed by atoms with E-state index in [-0.39, 0.29) is 43.4 Å². The minimum absolute atomic E-state index is 0. The van der Waals surface area contributed by atoms with Crippen molar-refractivity contribution in [1.29, 1.82) is 0 Å². The molecular formula is C12H19ClF3N5O. The van der Waals surface area contributed by atoms with Crippen molar-refractivity contribution < 1.29 is 18.0 Å². The van der Waals surface area contributed by atoms with E-state index in [1.807, 2.05) is 0 Å². The standard InChI is InChI=1S/C12H18F3N5O.ClH/c1-8(16)2-3-10(21)17-6-7-19-11-18-5-4-9(20-11)12(13,14)15;/h4-5,8H,2-3,6-7,16H2,1H3,(H,17,21)(H,18,19,20);1H. The van der Waals surface area contributed by atoms with Gasteiger partial charge in [0.1, 0.15) is 5.69 Å². The van der Waals surface area contributed by atoms with Crippen LogP contribution in [0, 0.1) is 0 Å². The minimum atomic E-state index is -4.51. The number of carbonyl (C=O) groups is 1. The maximum absolute atomic E-state index is 12.4. The second-order valence-electron chi connectivity index (χ2n) is 4.56. The summed E-state index contributed by atoms with van der Waals surface area (Å²) >= 11 is 0. The van der Waals surface area contributed by atoms with Crippen LogP contribution in [-0.4, -0.2) is 35.0 Å². The van der Waals surface area contributed by atoms with Gasteiger partial charge in [-0.2, -0.15) is 13.2 Å². The fourth-order valence-corrected chi connectivity index (χ4v) is 1.43. The summed E-state index contributed by atoms with van der Waals surface area (Å²) < 4.78 is 37.3. The molecule has 0 aliphatic rings. The zero-order chi connectivity index (χ0) is 15.9. The molecule has 126 valence electrons. The maximum Gasteiger partial charge on any atom is 0.433 e. The summed E-state index contributed by atoms with van der Waals surface area (Å²) in [5.74, 6) is -0.284. The van der Waals surface area contributed by atoms with Crippen LogP contribution in [0.5, 0.6) is 0 Å². The average molecular weight is 342 g/mol. The van der Waals surface area contributed by atoms with E-state index in [4.69, 9.17) is 5.73 Å². The van der Waals surface area contributed by atoms with E-state index in [0.29, 0.717) is 12.8 Å². The van der Waals surface area contributed by atoms with Gasteiger partial charge < -0.3 is 16.4 Å². The van der Waals surface area contributed by atoms with Crippen LogP contribution in [0.15, 0.2) is 12.3 Å². The molecule has 0 aliphatic carbocycles. The first-order chi connectivity index (χ1) is 9.79. The van der Waals surface area contributed by atoms with Gasteiger partial charge >= 0.3 is 6.18 Å². The molecule has 4 N–H and O–H groups in total. The highest BCUT2D eigenvalue weighted by Gasteiger charge is 2.32. The smallest absolute Gasteiger partial charge is 0.354 e. The molecule has 1 rings (SSSR count). The Balaban J connectivity index is 0.00000441. The van der Waals surface area contributed by atoms with Gasteiger partial charge in [-0.1, -0.05) is 0 Å². The lowest BCUT2D eigenvalue weighted by Crippen LogP contribution is -2.30. The Kier molecular flexibility index (Phi) is 8.73. The van der Waals surface area contributed by atoms with E-state index in [1.54, 1.807) is 6.92 Å². The zero-order valence-corrected chi connectivity index (χ0v) is 12.8. The molecule has 1 unspecified atom stereocenters. The Labute approximate surface area is 132 Å². The van der Waals surface area contributed by atoms with E-state index < -0.39 is 11.9 Å². The van der Waals surface area contributed by atoms with E-state index >= 15 is 0 Å². The summed E-state index contributed by atoms with van der Waals surface area (Å²) in [7, 11) is 0. The second kappa shape index (κ2) is 9.42. The number of rotatable bonds is 7. The minimum Gasteiger partial charge on any atom is -0.354 e. The van der Waals surface area contributed by atoms with Crippen LogP contribution in [0.25, 0.3) is 0 Å². The molecule has 1 aromatic heterocycles. The lowest BCUT2D eigenvalue weighted by molar-refractivity contribution is -0.141. The molecule has 0 bridgehead atoms. The van der Waals surface area contributed by atoms with Crippen molar-refractivity contribution in [2.75, 3.05) is 18.4 Å². The molecule has 0 spiro atoms. The summed E-state index contributed by atoms with van der Waals surface area (Å²) in [6.45, 7) is 2.29. The van der Waals surface area contributed by atoms with Crippen LogP contribution >= 0.6 is 12.4 Å². The number of halogens is 4. The predicted molar refractivity (Wildman–Crippen MR) is 78.7 cm³/mol. The van der Waals surface area contributed by atoms with E-state index in [0.717, 1.165) is 12.3 Å². The van der Waals surface area contributed by atoms with Crippen LogP contribution in [0.3, 0.4) is 0 Å². The summed E-state index contributed by atoms with van der Waals surface area (Å²) in [5.41, 5.74) is 4.51. The molecule has 1 aromatic rings. The van der Waals surface area contributed by atoms with Crippen LogP contribution in [0.4, 0.5) is 19.1 Å². The van der Waals surface area contributed by atoms with Crippen LogP contribution in [0.1, 0.15) is 25.5 Å². The van der Waals surface area contributed by atoms with Crippen molar-refractivity contribution in [3.63, 3.8) is 0 Å². The highest BCUT2D eigenvalue weighted by Crippen LogP contribution is 2.27. The summed E-state index contributed by atoms with van der Waals surface area (Å²) in [4.78, 5) is 18.4. The third-order valence-corrected chi connectivity index (χ3v) is 2.50. The SMILES string of the molecule is CC(N)CCC(=O)NCCNc1nccc(C(F)(F)F)n1.Cl. The lowest BCUT2D eigenvalue weighted by Gasteiger charge is -2.09. The number of nitrogens with two attached hydrogens (primary N) is 1. The van der Waals surface area contributed by atoms with Gasteiger partial charge in [-0.05, 0) is 19.4 Å². The molecule has 6 nitrogen and oxygen atoms in total. The predicted octanol–water partition coefficient (Wildman–Crippen LogP) is 1.57. The lowest BCUT2D eigenvalue weighted by atomic mass is 10.2. The Morgan fingerprint density at radius 2 is 2.09 bits per heavy atom. The number of hydrogen-bond acceptors (Lipinski definition) is 5. The number of alkyl halides is 3. The molecule has 1 heterocycles. The Morgan fingerprint density at radius 3 is 2.68 bits per heavy atom. The van der Waals surface area contributed by atoms with Crippen molar-refractivity contribution in [3.8, 4) is 0 Å². The van der Waals surface area contributed by atoms with Crippen molar-refractivity contribution in [1.82, 2.24) is 15.3 Å². The molecule has 10 heteroatoms. The Hall–Kier alpha value is -1.61. The van der Waals surface area contributed by atoms with Crippen molar-refractivity contribution >= 4 is 24.3 Å². The fraction of sp³-hybridized carbons (Fsp3) is 0.583. The highest BCUT2D eigenvalue weighted by atomic mass is 35.5. The molecule has 0 aromatic carbocycles. The number of aromatic nitrogens is 2. The van der Waals surface area contributed by atoms with Crippen LogP contribution in [-0.2, 0) is 11.0 Å². The van der Waals surface area contributed by atoms with Crippen LogP contribution in [0.2, 0.25) is 0 Å². The summed E-state index contributed by atoms with van der Waals surface area (Å²) in [6, 6.07) is 0.744. The number of carbonyl (C=O) groups excluding carboxylic acids is 1. The fourth-order valence-electron chi connectivity index (χ4n) is 1.43. The monoisotopic (exact) mass is 341 g/mol. The summed E-state index contributed by atoms with van der Waals surface area (Å²) in [6.07, 6.45) is -2.58. The van der Waals surface area contributed by atoms with Gasteiger partial charge in [0.15, 0.2) is 0 Å². The van der Waals surface area contributed by atoms with Crippen molar-refractivity contribution in [2.24, 2.45) is 5.73 Å². The number of nitrogens with one attached hydrogen (secondary N) is 2. The van der Waals surface area contributed by atoms with E-state index in [1.165, 1.54) is 0 Å². The first-order valence-electron chi connectivity index (χ1n) is 6.45. The molecular weight excluding hydrogens is 323 g/mol. The normalized spacial score (nSPS) is 12.2. The third-order valence-electron chi connectivity index (χ3n) is 2.50. The number of anilines is 1. The number of nitrogens with zero attached hydrogens (tertiary/aromatic N) is 2. The van der Waals surface area contributed by atoms with Crippen molar-refractivity contribution in [2.45, 2.75) is 32.0 Å². The average Bonchev–Trinajstić information content (AvgIpc) is 2.41. The summed E-state index contributed by atoms with van der Waals surface area (Å²) in [5, 5.41) is 5.23. The van der Waals surface area contributed by atoms with Gasteiger partial charge in [0.25, 0.3) is 0 Å². The molecule has 0 aliphatic heterocycles. The first-order valence-corrected chi connectivity index (χ1v) is 6.45. The van der Waals surface area contributed by atoms with Gasteiger partial charge in [-0.25, -0.2) is 9.97 Å². The topological polar surface area (TPSA) is 92.9 Å². The maximum atomic E-state index is 12.4. The molecule has 0 saturated carbocycles.